The Morgan fingerprint density at radius 3 is 1.88 bits per heavy atom. The highest BCUT2D eigenvalue weighted by Gasteiger charge is 2.36. The smallest absolute Gasteiger partial charge is 0.314 e. The topological polar surface area (TPSA) is 43.4 Å². The number of halogens is 1. The number of piperidine rings is 1. The summed E-state index contributed by atoms with van der Waals surface area (Å²) in [7, 11) is 2.10. The Labute approximate surface area is 212 Å². The Kier molecular flexibility index (Phi) is 8.97. The first-order chi connectivity index (χ1) is 16.0. The molecule has 1 heterocycles. The van der Waals surface area contributed by atoms with Crippen molar-refractivity contribution in [2.45, 2.75) is 12.8 Å². The third-order valence-corrected chi connectivity index (χ3v) is 6.36. The number of rotatable bonds is 7. The second kappa shape index (κ2) is 11.9. The molecule has 0 unspecified atom stereocenters. The van der Waals surface area contributed by atoms with E-state index < -0.39 is 0 Å². The predicted octanol–water partition coefficient (Wildman–Crippen LogP) is 2.47. The highest BCUT2D eigenvalue weighted by Crippen LogP contribution is 2.27. The summed E-state index contributed by atoms with van der Waals surface area (Å²) < 4.78 is 6.60. The van der Waals surface area contributed by atoms with Crippen LogP contribution in [0.15, 0.2) is 91.0 Å². The van der Waals surface area contributed by atoms with Crippen LogP contribution in [0.3, 0.4) is 0 Å². The largest absolute Gasteiger partial charge is 1.00 e. The SMILES string of the molecule is C[N@+]1(CC(=O)c2ccccc2)CC[C@H](C(=O)O/C(=C/c2ccccc2)c2ccccc2)CC1.[Br-]. The lowest BCUT2D eigenvalue weighted by atomic mass is 9.94. The standard InChI is InChI=1S/C29H30NO3.BrH/c1-30(22-27(31)24-13-7-3-8-14-24)19-17-26(18-20-30)29(32)33-28(25-15-9-4-10-16-25)21-23-11-5-2-6-12-23;/h2-16,21,26H,17-20,22H2,1H3;1H/q+1;/p-1/b28-21+;/t26-,30-;. The molecule has 0 aromatic heterocycles. The van der Waals surface area contributed by atoms with Crippen LogP contribution in [-0.2, 0) is 9.53 Å². The number of likely N-dealkylation sites (N-methyl/N-ethyl adjacent to an activating group) is 1. The Bertz CT molecular complexity index is 1110. The van der Waals surface area contributed by atoms with Gasteiger partial charge in [0, 0.05) is 24.0 Å². The molecule has 0 spiro atoms. The fourth-order valence-electron chi connectivity index (χ4n) is 4.31. The monoisotopic (exact) mass is 519 g/mol. The molecule has 5 heteroatoms. The molecule has 0 N–H and O–H groups in total. The molecule has 0 amide bonds. The summed E-state index contributed by atoms with van der Waals surface area (Å²) in [4.78, 5) is 25.8. The van der Waals surface area contributed by atoms with Crippen molar-refractivity contribution in [2.75, 3.05) is 26.7 Å². The second-order valence-corrected chi connectivity index (χ2v) is 8.99. The highest BCUT2D eigenvalue weighted by molar-refractivity contribution is 5.97. The first kappa shape index (κ1) is 25.6. The van der Waals surface area contributed by atoms with Gasteiger partial charge in [-0.25, -0.2) is 0 Å². The average Bonchev–Trinajstić information content (AvgIpc) is 2.85. The molecule has 34 heavy (non-hydrogen) atoms. The Hall–Kier alpha value is -3.02. The molecule has 1 aliphatic heterocycles. The van der Waals surface area contributed by atoms with Gasteiger partial charge in [0.2, 0.25) is 5.78 Å². The van der Waals surface area contributed by atoms with E-state index >= 15 is 0 Å². The Morgan fingerprint density at radius 1 is 0.824 bits per heavy atom. The van der Waals surface area contributed by atoms with E-state index in [2.05, 4.69) is 7.05 Å². The zero-order chi connectivity index (χ0) is 23.1. The number of ketones is 1. The van der Waals surface area contributed by atoms with Crippen molar-refractivity contribution in [3.05, 3.63) is 108 Å². The van der Waals surface area contributed by atoms with E-state index in [1.165, 1.54) is 0 Å². The highest BCUT2D eigenvalue weighted by atomic mass is 79.9. The number of hydrogen-bond donors (Lipinski definition) is 0. The summed E-state index contributed by atoms with van der Waals surface area (Å²) in [6.07, 6.45) is 3.34. The van der Waals surface area contributed by atoms with Gasteiger partial charge < -0.3 is 26.2 Å². The van der Waals surface area contributed by atoms with Gasteiger partial charge in [0.05, 0.1) is 26.1 Å². The zero-order valence-corrected chi connectivity index (χ0v) is 21.0. The van der Waals surface area contributed by atoms with Crippen molar-refractivity contribution in [2.24, 2.45) is 5.92 Å². The zero-order valence-electron chi connectivity index (χ0n) is 19.4. The summed E-state index contributed by atoms with van der Waals surface area (Å²) in [5, 5.41) is 0. The quantitative estimate of drug-likeness (QED) is 0.158. The molecule has 1 fully saturated rings. The molecule has 0 radical (unpaired) electrons. The van der Waals surface area contributed by atoms with Gasteiger partial charge in [-0.1, -0.05) is 91.0 Å². The van der Waals surface area contributed by atoms with Crippen LogP contribution >= 0.6 is 0 Å². The molecule has 0 bridgehead atoms. The van der Waals surface area contributed by atoms with E-state index in [9.17, 15) is 9.59 Å². The summed E-state index contributed by atoms with van der Waals surface area (Å²) >= 11 is 0. The molecule has 176 valence electrons. The molecule has 4 nitrogen and oxygen atoms in total. The average molecular weight is 520 g/mol. The third kappa shape index (κ3) is 6.75. The number of carbonyl (C=O) groups excluding carboxylic acids is 2. The number of likely N-dealkylation sites (tertiary alicyclic amines) is 1. The lowest BCUT2D eigenvalue weighted by Gasteiger charge is -2.39. The van der Waals surface area contributed by atoms with E-state index in [4.69, 9.17) is 4.74 Å². The number of nitrogens with zero attached hydrogens (tertiary/aromatic N) is 1. The maximum Gasteiger partial charge on any atom is 0.314 e. The first-order valence-electron chi connectivity index (χ1n) is 11.5. The first-order valence-corrected chi connectivity index (χ1v) is 11.5. The summed E-state index contributed by atoms with van der Waals surface area (Å²) in [6.45, 7) is 2.01. The maximum absolute atomic E-state index is 13.1. The van der Waals surface area contributed by atoms with Gasteiger partial charge in [0.1, 0.15) is 12.3 Å². The number of hydrogen-bond acceptors (Lipinski definition) is 3. The van der Waals surface area contributed by atoms with Gasteiger partial charge in [-0.15, -0.1) is 0 Å². The fourth-order valence-corrected chi connectivity index (χ4v) is 4.31. The summed E-state index contributed by atoms with van der Waals surface area (Å²) in [6, 6.07) is 29.0. The number of esters is 1. The van der Waals surface area contributed by atoms with E-state index in [1.807, 2.05) is 97.1 Å². The van der Waals surface area contributed by atoms with Gasteiger partial charge in [-0.2, -0.15) is 0 Å². The predicted molar refractivity (Wildman–Crippen MR) is 131 cm³/mol. The van der Waals surface area contributed by atoms with Crippen molar-refractivity contribution in [1.82, 2.24) is 0 Å². The van der Waals surface area contributed by atoms with Crippen molar-refractivity contribution >= 4 is 23.6 Å². The lowest BCUT2D eigenvalue weighted by molar-refractivity contribution is -0.906. The molecule has 0 atom stereocenters. The van der Waals surface area contributed by atoms with Crippen molar-refractivity contribution in [3.8, 4) is 0 Å². The summed E-state index contributed by atoms with van der Waals surface area (Å²) in [5.41, 5.74) is 2.60. The Morgan fingerprint density at radius 2 is 1.32 bits per heavy atom. The van der Waals surface area contributed by atoms with E-state index in [0.29, 0.717) is 29.6 Å². The van der Waals surface area contributed by atoms with Crippen molar-refractivity contribution in [1.29, 1.82) is 0 Å². The molecule has 1 aliphatic rings. The molecule has 3 aromatic carbocycles. The van der Waals surface area contributed by atoms with Gasteiger partial charge in [0.25, 0.3) is 0 Å². The van der Waals surface area contributed by atoms with Crippen LogP contribution < -0.4 is 17.0 Å². The Balaban J connectivity index is 0.00000324. The third-order valence-electron chi connectivity index (χ3n) is 6.36. The molecular formula is C29H30BrNO3. The molecule has 0 aliphatic carbocycles. The summed E-state index contributed by atoms with van der Waals surface area (Å²) in [5.74, 6) is 0.359. The van der Waals surface area contributed by atoms with Crippen LogP contribution in [0, 0.1) is 5.92 Å². The molecule has 3 aromatic rings. The number of quaternary nitrogens is 1. The minimum Gasteiger partial charge on any atom is -1.00 e. The normalized spacial score (nSPS) is 20.1. The fraction of sp³-hybridized carbons (Fsp3) is 0.241. The molecular weight excluding hydrogens is 490 g/mol. The number of Topliss-reactive ketones (excluding diaryl/α,β-unsaturated/α-hetero) is 1. The van der Waals surface area contributed by atoms with Crippen LogP contribution in [0.4, 0.5) is 0 Å². The molecule has 0 saturated carbocycles. The molecule has 1 saturated heterocycles. The van der Waals surface area contributed by atoms with Crippen LogP contribution in [-0.4, -0.2) is 42.9 Å². The number of ether oxygens (including phenoxy) is 1. The van der Waals surface area contributed by atoms with E-state index in [1.54, 1.807) is 0 Å². The minimum atomic E-state index is -0.193. The van der Waals surface area contributed by atoms with Crippen molar-refractivity contribution in [3.63, 3.8) is 0 Å². The van der Waals surface area contributed by atoms with E-state index in [0.717, 1.165) is 29.8 Å². The van der Waals surface area contributed by atoms with Crippen LogP contribution in [0.1, 0.15) is 34.3 Å². The van der Waals surface area contributed by atoms with Gasteiger partial charge in [-0.05, 0) is 11.6 Å². The second-order valence-electron chi connectivity index (χ2n) is 8.99. The van der Waals surface area contributed by atoms with Crippen LogP contribution in [0.5, 0.6) is 0 Å². The number of benzene rings is 3. The van der Waals surface area contributed by atoms with Gasteiger partial charge >= 0.3 is 5.97 Å². The lowest BCUT2D eigenvalue weighted by Crippen LogP contribution is -3.00. The van der Waals surface area contributed by atoms with E-state index in [-0.39, 0.29) is 34.7 Å². The van der Waals surface area contributed by atoms with Crippen LogP contribution in [0.25, 0.3) is 11.8 Å². The van der Waals surface area contributed by atoms with Gasteiger partial charge in [-0.3, -0.25) is 9.59 Å². The minimum absolute atomic E-state index is 0. The maximum atomic E-state index is 13.1. The van der Waals surface area contributed by atoms with Gasteiger partial charge in [0.15, 0.2) is 0 Å². The molecule has 4 rings (SSSR count). The van der Waals surface area contributed by atoms with Crippen LogP contribution in [0.2, 0.25) is 0 Å². The van der Waals surface area contributed by atoms with Crippen molar-refractivity contribution < 1.29 is 35.8 Å². The number of carbonyl (C=O) groups is 2.